The lowest BCUT2D eigenvalue weighted by molar-refractivity contribution is 1.28. The number of nitrogens with one attached hydrogen (secondary N) is 1. The molecule has 0 bridgehead atoms. The van der Waals surface area contributed by atoms with Gasteiger partial charge in [0.25, 0.3) is 0 Å². The van der Waals surface area contributed by atoms with E-state index in [1.54, 1.807) is 0 Å². The van der Waals surface area contributed by atoms with Gasteiger partial charge in [0.1, 0.15) is 0 Å². The van der Waals surface area contributed by atoms with E-state index < -0.39 is 0 Å². The van der Waals surface area contributed by atoms with Gasteiger partial charge in [-0.3, -0.25) is 0 Å². The number of fused-ring (bicyclic) bond motifs is 8. The fraction of sp³-hybridized carbons (Fsp3) is 0. The van der Waals surface area contributed by atoms with Gasteiger partial charge in [0.05, 0.1) is 0 Å². The summed E-state index contributed by atoms with van der Waals surface area (Å²) in [6, 6.07) is 135. The fourth-order valence-electron chi connectivity index (χ4n) is 13.2. The lowest BCUT2D eigenvalue weighted by Crippen LogP contribution is -2.09. The average molecular weight is 1340 g/mol. The molecular formula is C92H63BrN2S2. The Balaban J connectivity index is 0.000000132. The zero-order chi connectivity index (χ0) is 64.9. The lowest BCUT2D eigenvalue weighted by Gasteiger charge is -2.26. The van der Waals surface area contributed by atoms with Crippen LogP contribution >= 0.6 is 38.6 Å². The summed E-state index contributed by atoms with van der Waals surface area (Å²) in [6.45, 7) is 0. The summed E-state index contributed by atoms with van der Waals surface area (Å²) >= 11 is 7.14. The Morgan fingerprint density at radius 1 is 0.216 bits per heavy atom. The second-order valence-electron chi connectivity index (χ2n) is 24.2. The number of halogens is 1. The van der Waals surface area contributed by atoms with E-state index in [4.69, 9.17) is 0 Å². The largest absolute Gasteiger partial charge is 0.356 e. The van der Waals surface area contributed by atoms with Crippen molar-refractivity contribution in [2.75, 3.05) is 10.2 Å². The smallest absolute Gasteiger partial charge is 0.0462 e. The molecule has 18 aromatic rings. The molecule has 2 heterocycles. The Kier molecular flexibility index (Phi) is 17.1. The molecule has 2 aromatic heterocycles. The second-order valence-corrected chi connectivity index (χ2v) is 27.2. The summed E-state index contributed by atoms with van der Waals surface area (Å²) in [7, 11) is 0. The summed E-state index contributed by atoms with van der Waals surface area (Å²) < 4.78 is 6.46. The van der Waals surface area contributed by atoms with Gasteiger partial charge in [-0.1, -0.05) is 283 Å². The van der Waals surface area contributed by atoms with Crippen LogP contribution in [-0.2, 0) is 0 Å². The quantitative estimate of drug-likeness (QED) is 0.139. The van der Waals surface area contributed by atoms with Gasteiger partial charge < -0.3 is 10.2 Å². The number of thiophene rings is 2. The molecule has 0 aliphatic heterocycles. The molecule has 16 aromatic carbocycles. The number of hydrogen-bond acceptors (Lipinski definition) is 4. The van der Waals surface area contributed by atoms with E-state index in [1.165, 1.54) is 129 Å². The topological polar surface area (TPSA) is 15.3 Å². The van der Waals surface area contributed by atoms with E-state index >= 15 is 0 Å². The molecule has 0 spiro atoms. The number of benzene rings is 16. The minimum atomic E-state index is 1.08. The predicted octanol–water partition coefficient (Wildman–Crippen LogP) is 28.1. The highest BCUT2D eigenvalue weighted by atomic mass is 79.9. The van der Waals surface area contributed by atoms with E-state index in [9.17, 15) is 0 Å². The third-order valence-corrected chi connectivity index (χ3v) is 20.9. The highest BCUT2D eigenvalue weighted by Crippen LogP contribution is 2.42. The van der Waals surface area contributed by atoms with E-state index in [0.29, 0.717) is 0 Å². The molecule has 0 saturated carbocycles. The predicted molar refractivity (Wildman–Crippen MR) is 425 cm³/mol. The molecule has 2 nitrogen and oxygen atoms in total. The van der Waals surface area contributed by atoms with Crippen molar-refractivity contribution in [3.05, 3.63) is 381 Å². The summed E-state index contributed by atoms with van der Waals surface area (Å²) in [5.41, 5.74) is 20.3. The summed E-state index contributed by atoms with van der Waals surface area (Å²) in [5, 5.41) is 13.9. The molecule has 0 atom stereocenters. The van der Waals surface area contributed by atoms with Gasteiger partial charge >= 0.3 is 0 Å². The van der Waals surface area contributed by atoms with Crippen molar-refractivity contribution in [2.45, 2.75) is 0 Å². The first-order chi connectivity index (χ1) is 48.0. The van der Waals surface area contributed by atoms with Crippen LogP contribution in [0.15, 0.2) is 381 Å². The van der Waals surface area contributed by atoms with E-state index in [2.05, 4.69) is 396 Å². The Morgan fingerprint density at radius 2 is 0.515 bits per heavy atom. The van der Waals surface area contributed by atoms with Crippen molar-refractivity contribution >= 4 is 129 Å². The van der Waals surface area contributed by atoms with Crippen LogP contribution in [0, 0.1) is 0 Å². The van der Waals surface area contributed by atoms with E-state index in [-0.39, 0.29) is 0 Å². The van der Waals surface area contributed by atoms with Crippen LogP contribution in [0.4, 0.5) is 28.4 Å². The van der Waals surface area contributed by atoms with Gasteiger partial charge in [0, 0.05) is 73.3 Å². The first kappa shape index (κ1) is 60.5. The number of hydrogen-bond donors (Lipinski definition) is 1. The highest BCUT2D eigenvalue weighted by Gasteiger charge is 2.16. The van der Waals surface area contributed by atoms with Crippen molar-refractivity contribution in [1.29, 1.82) is 0 Å². The molecule has 0 radical (unpaired) electrons. The number of anilines is 5. The molecule has 0 aliphatic rings. The molecule has 0 amide bonds. The van der Waals surface area contributed by atoms with E-state index in [0.717, 1.165) is 32.9 Å². The second kappa shape index (κ2) is 27.5. The molecule has 0 aliphatic carbocycles. The van der Waals surface area contributed by atoms with Gasteiger partial charge in [0.15, 0.2) is 0 Å². The Bertz CT molecular complexity index is 5740. The van der Waals surface area contributed by atoms with Crippen LogP contribution in [0.2, 0.25) is 0 Å². The zero-order valence-corrected chi connectivity index (χ0v) is 56.2. The molecule has 0 unspecified atom stereocenters. The van der Waals surface area contributed by atoms with Gasteiger partial charge in [-0.25, -0.2) is 0 Å². The molecule has 1 N–H and O–H groups in total. The van der Waals surface area contributed by atoms with Crippen LogP contribution < -0.4 is 10.2 Å². The molecule has 18 rings (SSSR count). The zero-order valence-electron chi connectivity index (χ0n) is 52.9. The molecule has 0 saturated heterocycles. The maximum atomic E-state index is 3.55. The Morgan fingerprint density at radius 3 is 0.948 bits per heavy atom. The molecule has 460 valence electrons. The molecule has 0 fully saturated rings. The van der Waals surface area contributed by atoms with Crippen LogP contribution in [0.3, 0.4) is 0 Å². The maximum Gasteiger partial charge on any atom is 0.0462 e. The number of rotatable bonds is 11. The minimum Gasteiger partial charge on any atom is -0.356 e. The van der Waals surface area contributed by atoms with Gasteiger partial charge in [-0.05, 0) is 198 Å². The number of nitrogens with zero attached hydrogens (tertiary/aromatic N) is 1. The lowest BCUT2D eigenvalue weighted by atomic mass is 9.98. The summed E-state index contributed by atoms with van der Waals surface area (Å²) in [4.78, 5) is 2.35. The average Bonchev–Trinajstić information content (AvgIpc) is 1.69. The van der Waals surface area contributed by atoms with Crippen LogP contribution in [0.25, 0.3) is 129 Å². The first-order valence-electron chi connectivity index (χ1n) is 32.7. The van der Waals surface area contributed by atoms with Gasteiger partial charge in [-0.2, -0.15) is 0 Å². The fourth-order valence-corrected chi connectivity index (χ4v) is 15.6. The summed E-state index contributed by atoms with van der Waals surface area (Å²) in [5.74, 6) is 0. The van der Waals surface area contributed by atoms with Gasteiger partial charge in [-0.15, -0.1) is 22.7 Å². The summed E-state index contributed by atoms with van der Waals surface area (Å²) in [6.07, 6.45) is 0. The third kappa shape index (κ3) is 13.0. The molecule has 97 heavy (non-hydrogen) atoms. The van der Waals surface area contributed by atoms with Gasteiger partial charge in [0.2, 0.25) is 0 Å². The highest BCUT2D eigenvalue weighted by molar-refractivity contribution is 9.10. The standard InChI is InChI=1S/C46H31NS.C34H23NS.C12H9Br/c1-2-9-32(10-3-1)33-17-24-38(25-18-33)47(40-28-21-36(22-29-40)42-15-8-12-35-11-4-5-13-41(35)42)39-26-19-34(20-27-39)37-23-30-46-44(31-37)43-14-6-7-16-45(43)48-46;1-2-8-29-24(6-1)7-5-10-30(29)25-14-19-28(20-15-25)35-27-17-12-23(13-18-27)26-16-21-34-32(22-26)31-9-3-4-11-33(31)36-34;13-12-8-6-11(7-9-12)10-4-2-1-3-5-10/h1-31H;1-22,35H;1-9H. The first-order valence-corrected chi connectivity index (χ1v) is 35.1. The Labute approximate surface area is 582 Å². The molecule has 5 heteroatoms. The van der Waals surface area contributed by atoms with Crippen molar-refractivity contribution in [3.8, 4) is 66.8 Å². The van der Waals surface area contributed by atoms with Crippen LogP contribution in [0.5, 0.6) is 0 Å². The van der Waals surface area contributed by atoms with Crippen molar-refractivity contribution in [3.63, 3.8) is 0 Å². The van der Waals surface area contributed by atoms with Crippen LogP contribution in [0.1, 0.15) is 0 Å². The Hall–Kier alpha value is -11.4. The monoisotopic (exact) mass is 1340 g/mol. The normalized spacial score (nSPS) is 11.1. The minimum absolute atomic E-state index is 1.08. The van der Waals surface area contributed by atoms with E-state index in [1.807, 2.05) is 28.7 Å². The SMILES string of the molecule is Brc1ccc(-c2ccccc2)cc1.c1ccc(-c2ccc(N(c3ccc(-c4ccc5sc6ccccc6c5c4)cc3)c3ccc(-c4cccc5ccccc45)cc3)cc2)cc1.c1ccc2c(-c3ccc(Nc4ccc(-c5ccc6sc7ccccc7c6c5)cc4)cc3)cccc2c1. The van der Waals surface area contributed by atoms with Crippen molar-refractivity contribution in [1.82, 2.24) is 0 Å². The van der Waals surface area contributed by atoms with Crippen molar-refractivity contribution < 1.29 is 0 Å². The molecular weight excluding hydrogens is 1280 g/mol. The van der Waals surface area contributed by atoms with Crippen LogP contribution in [-0.4, -0.2) is 0 Å². The van der Waals surface area contributed by atoms with Crippen molar-refractivity contribution in [2.24, 2.45) is 0 Å². The maximum absolute atomic E-state index is 3.55. The third-order valence-electron chi connectivity index (χ3n) is 18.1.